The van der Waals surface area contributed by atoms with Crippen LogP contribution < -0.4 is 10.7 Å². The van der Waals surface area contributed by atoms with Crippen molar-refractivity contribution >= 4 is 17.5 Å². The maximum Gasteiger partial charge on any atom is 0.274 e. The first kappa shape index (κ1) is 24.9. The maximum atomic E-state index is 14.0. The van der Waals surface area contributed by atoms with Crippen LogP contribution in [-0.2, 0) is 16.1 Å². The van der Waals surface area contributed by atoms with Crippen molar-refractivity contribution in [1.82, 2.24) is 14.8 Å². The van der Waals surface area contributed by atoms with Gasteiger partial charge in [0.15, 0.2) is 17.0 Å². The number of nitrogens with one attached hydrogen (secondary N) is 1. The van der Waals surface area contributed by atoms with E-state index in [1.54, 1.807) is 12.0 Å². The molecule has 2 bridgehead atoms. The molecule has 3 atom stereocenters. The lowest BCUT2D eigenvalue weighted by Crippen LogP contribution is -2.52. The zero-order valence-electron chi connectivity index (χ0n) is 20.3. The molecule has 0 radical (unpaired) electrons. The normalized spacial score (nSPS) is 24.4. The van der Waals surface area contributed by atoms with Gasteiger partial charge in [-0.2, -0.15) is 0 Å². The third kappa shape index (κ3) is 4.14. The fourth-order valence-electron chi connectivity index (χ4n) is 5.37. The van der Waals surface area contributed by atoms with Gasteiger partial charge in [-0.1, -0.05) is 11.2 Å². The quantitative estimate of drug-likeness (QED) is 0.628. The van der Waals surface area contributed by atoms with Gasteiger partial charge in [0.25, 0.3) is 11.8 Å². The van der Waals surface area contributed by atoms with Gasteiger partial charge in [-0.15, -0.1) is 0 Å². The van der Waals surface area contributed by atoms with Crippen molar-refractivity contribution in [2.75, 3.05) is 20.3 Å². The van der Waals surface area contributed by atoms with Gasteiger partial charge in [0.1, 0.15) is 17.2 Å². The molecule has 1 spiro atoms. The lowest BCUT2D eigenvalue weighted by Gasteiger charge is -2.41. The molecule has 5 rings (SSSR count). The highest BCUT2D eigenvalue weighted by atomic mass is 19.1. The number of carbonyl (C=O) groups is 2. The van der Waals surface area contributed by atoms with E-state index in [4.69, 9.17) is 9.57 Å². The predicted octanol–water partition coefficient (Wildman–Crippen LogP) is 2.10. The molecule has 0 unspecified atom stereocenters. The monoisotopic (exact) mass is 516 g/mol. The summed E-state index contributed by atoms with van der Waals surface area (Å²) in [5, 5.41) is 17.5. The number of amides is 2. The summed E-state index contributed by atoms with van der Waals surface area (Å²) >= 11 is 0. The number of carbonyl (C=O) groups excluding carboxylic acids is 2. The lowest BCUT2D eigenvalue weighted by molar-refractivity contribution is -0.0655. The van der Waals surface area contributed by atoms with E-state index in [0.717, 1.165) is 6.07 Å². The van der Waals surface area contributed by atoms with Gasteiger partial charge >= 0.3 is 0 Å². The molecule has 1 aromatic carbocycles. The Hall–Kier alpha value is -3.80. The minimum Gasteiger partial charge on any atom is -0.503 e. The van der Waals surface area contributed by atoms with Crippen LogP contribution in [0.25, 0.3) is 0 Å². The molecule has 1 aromatic heterocycles. The van der Waals surface area contributed by atoms with E-state index in [-0.39, 0.29) is 37.0 Å². The van der Waals surface area contributed by atoms with Gasteiger partial charge in [-0.05, 0) is 25.8 Å². The van der Waals surface area contributed by atoms with Gasteiger partial charge in [-0.25, -0.2) is 8.78 Å². The van der Waals surface area contributed by atoms with Crippen LogP contribution >= 0.6 is 0 Å². The summed E-state index contributed by atoms with van der Waals surface area (Å²) in [7, 11) is 1.55. The van der Waals surface area contributed by atoms with Gasteiger partial charge in [0.2, 0.25) is 5.43 Å². The highest BCUT2D eigenvalue weighted by Crippen LogP contribution is 2.46. The molecule has 1 fully saturated rings. The second kappa shape index (κ2) is 9.25. The number of nitrogens with zero attached hydrogens (tertiary/aromatic N) is 3. The number of halogens is 2. The number of aromatic nitrogens is 1. The molecule has 37 heavy (non-hydrogen) atoms. The molecule has 12 heteroatoms. The average molecular weight is 517 g/mol. The molecule has 196 valence electrons. The summed E-state index contributed by atoms with van der Waals surface area (Å²) in [5.41, 5.74) is -1.85. The molecule has 0 saturated carbocycles. The Labute approximate surface area is 210 Å². The van der Waals surface area contributed by atoms with Crippen LogP contribution in [-0.4, -0.2) is 64.0 Å². The van der Waals surface area contributed by atoms with Crippen LogP contribution in [0.3, 0.4) is 0 Å². The molecule has 3 aliphatic rings. The SMILES string of the molecule is COCC1=NO[C@@]2(CC[C@H](C)N3C[C@H]2n2cc(C(=O)NCc4ccc(F)cc4F)c(=O)c(O)c2C3=O)C1. The van der Waals surface area contributed by atoms with Crippen LogP contribution in [0, 0.1) is 11.6 Å². The van der Waals surface area contributed by atoms with E-state index in [1.807, 2.05) is 6.92 Å². The van der Waals surface area contributed by atoms with Crippen molar-refractivity contribution in [3.8, 4) is 5.75 Å². The van der Waals surface area contributed by atoms with Crippen molar-refractivity contribution in [2.45, 2.75) is 50.4 Å². The minimum absolute atomic E-state index is 0.0155. The van der Waals surface area contributed by atoms with Crippen LogP contribution in [0.2, 0.25) is 0 Å². The summed E-state index contributed by atoms with van der Waals surface area (Å²) < 4.78 is 33.8. The first-order valence-corrected chi connectivity index (χ1v) is 11.9. The van der Waals surface area contributed by atoms with Crippen molar-refractivity contribution < 1.29 is 33.1 Å². The Balaban J connectivity index is 1.53. The van der Waals surface area contributed by atoms with Crippen LogP contribution in [0.15, 0.2) is 34.3 Å². The minimum atomic E-state index is -1.03. The summed E-state index contributed by atoms with van der Waals surface area (Å²) in [4.78, 5) is 46.9. The average Bonchev–Trinajstić information content (AvgIpc) is 3.22. The Morgan fingerprint density at radius 3 is 2.86 bits per heavy atom. The molecule has 2 aromatic rings. The Morgan fingerprint density at radius 2 is 2.14 bits per heavy atom. The highest BCUT2D eigenvalue weighted by Gasteiger charge is 2.54. The first-order valence-electron chi connectivity index (χ1n) is 11.9. The van der Waals surface area contributed by atoms with E-state index in [0.29, 0.717) is 31.0 Å². The molecule has 10 nitrogen and oxygen atoms in total. The third-order valence-corrected chi connectivity index (χ3v) is 7.37. The number of hydrogen-bond donors (Lipinski definition) is 2. The van der Waals surface area contributed by atoms with Crippen molar-refractivity contribution in [2.24, 2.45) is 5.16 Å². The fraction of sp³-hybridized carbons (Fsp3) is 0.440. The number of benzene rings is 1. The van der Waals surface area contributed by atoms with Gasteiger partial charge in [0.05, 0.1) is 18.4 Å². The fourth-order valence-corrected chi connectivity index (χ4v) is 5.37. The van der Waals surface area contributed by atoms with Crippen molar-refractivity contribution in [3.63, 3.8) is 0 Å². The van der Waals surface area contributed by atoms with E-state index in [9.17, 15) is 28.3 Å². The molecule has 0 aliphatic carbocycles. The number of pyridine rings is 1. The van der Waals surface area contributed by atoms with Gasteiger partial charge < -0.3 is 29.5 Å². The third-order valence-electron chi connectivity index (χ3n) is 7.37. The number of fused-ring (bicyclic) bond motifs is 5. The Bertz CT molecular complexity index is 1380. The summed E-state index contributed by atoms with van der Waals surface area (Å²) in [6, 6.07) is 2.18. The number of rotatable bonds is 5. The molecular weight excluding hydrogens is 490 g/mol. The molecule has 3 aliphatic heterocycles. The predicted molar refractivity (Wildman–Crippen MR) is 126 cm³/mol. The summed E-state index contributed by atoms with van der Waals surface area (Å²) in [6.07, 6.45) is 2.80. The van der Waals surface area contributed by atoms with E-state index >= 15 is 0 Å². The second-order valence-corrected chi connectivity index (χ2v) is 9.68. The number of hydrogen-bond acceptors (Lipinski definition) is 7. The molecule has 2 amide bonds. The Morgan fingerprint density at radius 1 is 1.35 bits per heavy atom. The van der Waals surface area contributed by atoms with Crippen LogP contribution in [0.5, 0.6) is 5.75 Å². The topological polar surface area (TPSA) is 122 Å². The van der Waals surface area contributed by atoms with E-state index < -0.39 is 51.8 Å². The van der Waals surface area contributed by atoms with Crippen molar-refractivity contribution in [1.29, 1.82) is 0 Å². The maximum absolute atomic E-state index is 14.0. The molecule has 1 saturated heterocycles. The molecule has 4 heterocycles. The largest absolute Gasteiger partial charge is 0.503 e. The van der Waals surface area contributed by atoms with Crippen LogP contribution in [0.1, 0.15) is 58.6 Å². The standard InChI is InChI=1S/C25H26F2N4O6/c1-13-5-6-25(8-16(12-36-2)29-37-25)19-11-30(13)24(35)20-22(33)21(32)17(10-31(19)20)23(34)28-9-14-3-4-15(26)7-18(14)27/h3-4,7,10,13,19,33H,5-6,8-9,11-12H2,1-2H3,(H,28,34)/t13-,19+,25-/m0/s1. The number of ether oxygens (including phenoxy) is 1. The molecular formula is C25H26F2N4O6. The van der Waals surface area contributed by atoms with Crippen molar-refractivity contribution in [3.05, 3.63) is 63.1 Å². The smallest absolute Gasteiger partial charge is 0.274 e. The second-order valence-electron chi connectivity index (χ2n) is 9.68. The molecule has 2 N–H and O–H groups in total. The number of methoxy groups -OCH3 is 1. The zero-order valence-corrected chi connectivity index (χ0v) is 20.3. The van der Waals surface area contributed by atoms with E-state index in [2.05, 4.69) is 10.5 Å². The number of oxime groups is 1. The summed E-state index contributed by atoms with van der Waals surface area (Å²) in [5.74, 6) is -3.86. The summed E-state index contributed by atoms with van der Waals surface area (Å²) in [6.45, 7) is 2.07. The van der Waals surface area contributed by atoms with Crippen LogP contribution in [0.4, 0.5) is 8.78 Å². The van der Waals surface area contributed by atoms with Gasteiger partial charge in [0, 0.05) is 50.5 Å². The van der Waals surface area contributed by atoms with E-state index in [1.165, 1.54) is 16.8 Å². The number of aromatic hydroxyl groups is 1. The Kier molecular flexibility index (Phi) is 6.22. The zero-order chi connectivity index (χ0) is 26.5. The lowest BCUT2D eigenvalue weighted by atomic mass is 9.84. The van der Waals surface area contributed by atoms with Gasteiger partial charge in [-0.3, -0.25) is 14.4 Å². The highest BCUT2D eigenvalue weighted by molar-refractivity contribution is 5.99. The first-order chi connectivity index (χ1) is 17.6.